The number of nitrogens with zero attached hydrogens (tertiary/aromatic N) is 1. The number of amides is 3. The summed E-state index contributed by atoms with van der Waals surface area (Å²) in [6, 6.07) is 3.81. The molecule has 0 saturated carbocycles. The fraction of sp³-hybridized carbons (Fsp3) is 0.308. The van der Waals surface area contributed by atoms with Crippen LogP contribution in [0.3, 0.4) is 0 Å². The molecular formula is C13H12ClFN2O3. The van der Waals surface area contributed by atoms with Gasteiger partial charge in [-0.25, -0.2) is 4.39 Å². The Kier molecular flexibility index (Phi) is 3.52. The van der Waals surface area contributed by atoms with Gasteiger partial charge in [-0.3, -0.25) is 19.7 Å². The van der Waals surface area contributed by atoms with Crippen molar-refractivity contribution >= 4 is 29.3 Å². The SMILES string of the molecule is CC1(C)C(=O)NC(=O)CN1C(=O)c1cccc(F)c1Cl. The number of imide groups is 1. The number of piperazine rings is 1. The summed E-state index contributed by atoms with van der Waals surface area (Å²) in [5.41, 5.74) is -1.30. The number of hydrogen-bond acceptors (Lipinski definition) is 3. The summed E-state index contributed by atoms with van der Waals surface area (Å²) in [7, 11) is 0. The molecule has 1 fully saturated rings. The third-order valence-corrected chi connectivity index (χ3v) is 3.60. The van der Waals surface area contributed by atoms with Gasteiger partial charge in [0.1, 0.15) is 17.9 Å². The summed E-state index contributed by atoms with van der Waals surface area (Å²) in [5.74, 6) is -2.57. The number of nitrogens with one attached hydrogen (secondary N) is 1. The van der Waals surface area contributed by atoms with Gasteiger partial charge in [-0.2, -0.15) is 0 Å². The standard InChI is InChI=1S/C13H12ClFN2O3/c1-13(2)12(20)16-9(18)6-17(13)11(19)7-4-3-5-8(15)10(7)14/h3-5H,6H2,1-2H3,(H,16,18,20). The molecule has 0 bridgehead atoms. The van der Waals surface area contributed by atoms with Gasteiger partial charge in [-0.05, 0) is 26.0 Å². The minimum atomic E-state index is -1.22. The van der Waals surface area contributed by atoms with E-state index in [0.717, 1.165) is 11.0 Å². The van der Waals surface area contributed by atoms with E-state index in [0.29, 0.717) is 0 Å². The monoisotopic (exact) mass is 298 g/mol. The molecule has 1 aliphatic rings. The molecule has 0 atom stereocenters. The fourth-order valence-corrected chi connectivity index (χ4v) is 2.13. The Morgan fingerprint density at radius 3 is 2.70 bits per heavy atom. The Morgan fingerprint density at radius 1 is 1.40 bits per heavy atom. The maximum atomic E-state index is 13.4. The van der Waals surface area contributed by atoms with E-state index in [1.807, 2.05) is 0 Å². The van der Waals surface area contributed by atoms with Crippen molar-refractivity contribution in [2.45, 2.75) is 19.4 Å². The highest BCUT2D eigenvalue weighted by Gasteiger charge is 2.44. The van der Waals surface area contributed by atoms with E-state index in [-0.39, 0.29) is 17.1 Å². The van der Waals surface area contributed by atoms with E-state index in [9.17, 15) is 18.8 Å². The molecule has 5 nitrogen and oxygen atoms in total. The molecule has 1 aromatic rings. The molecule has 106 valence electrons. The van der Waals surface area contributed by atoms with Gasteiger partial charge in [0.2, 0.25) is 5.91 Å². The Hall–Kier alpha value is -1.95. The maximum absolute atomic E-state index is 13.4. The molecule has 0 radical (unpaired) electrons. The van der Waals surface area contributed by atoms with Gasteiger partial charge in [-0.1, -0.05) is 17.7 Å². The summed E-state index contributed by atoms with van der Waals surface area (Å²) >= 11 is 5.77. The van der Waals surface area contributed by atoms with Crippen LogP contribution in [0.1, 0.15) is 24.2 Å². The molecule has 3 amide bonds. The Bertz CT molecular complexity index is 616. The first kappa shape index (κ1) is 14.5. The number of rotatable bonds is 1. The van der Waals surface area contributed by atoms with E-state index in [1.165, 1.54) is 26.0 Å². The number of hydrogen-bond donors (Lipinski definition) is 1. The predicted octanol–water partition coefficient (Wildman–Crippen LogP) is 1.36. The number of carbonyl (C=O) groups is 3. The predicted molar refractivity (Wildman–Crippen MR) is 69.7 cm³/mol. The lowest BCUT2D eigenvalue weighted by Crippen LogP contribution is -2.65. The normalized spacial score (nSPS) is 17.9. The minimum absolute atomic E-state index is 0.0813. The van der Waals surface area contributed by atoms with Crippen molar-refractivity contribution in [3.8, 4) is 0 Å². The molecule has 1 aliphatic heterocycles. The zero-order valence-electron chi connectivity index (χ0n) is 10.9. The van der Waals surface area contributed by atoms with Crippen LogP contribution >= 0.6 is 11.6 Å². The highest BCUT2D eigenvalue weighted by atomic mass is 35.5. The lowest BCUT2D eigenvalue weighted by atomic mass is 9.97. The Morgan fingerprint density at radius 2 is 2.05 bits per heavy atom. The van der Waals surface area contributed by atoms with E-state index < -0.39 is 29.1 Å². The second-order valence-electron chi connectivity index (χ2n) is 4.93. The van der Waals surface area contributed by atoms with E-state index in [4.69, 9.17) is 11.6 Å². The van der Waals surface area contributed by atoms with Crippen LogP contribution in [-0.4, -0.2) is 34.7 Å². The largest absolute Gasteiger partial charge is 0.315 e. The van der Waals surface area contributed by atoms with Crippen molar-refractivity contribution in [2.75, 3.05) is 6.54 Å². The molecule has 0 spiro atoms. The van der Waals surface area contributed by atoms with Crippen molar-refractivity contribution < 1.29 is 18.8 Å². The van der Waals surface area contributed by atoms with Crippen LogP contribution in [0.15, 0.2) is 18.2 Å². The molecule has 1 N–H and O–H groups in total. The van der Waals surface area contributed by atoms with Gasteiger partial charge in [-0.15, -0.1) is 0 Å². The highest BCUT2D eigenvalue weighted by molar-refractivity contribution is 6.34. The van der Waals surface area contributed by atoms with Gasteiger partial charge in [0.15, 0.2) is 0 Å². The molecule has 20 heavy (non-hydrogen) atoms. The Balaban J connectivity index is 2.43. The smallest absolute Gasteiger partial charge is 0.256 e. The lowest BCUT2D eigenvalue weighted by Gasteiger charge is -2.40. The quantitative estimate of drug-likeness (QED) is 0.796. The van der Waals surface area contributed by atoms with Gasteiger partial charge in [0, 0.05) is 0 Å². The molecule has 1 aromatic carbocycles. The van der Waals surface area contributed by atoms with Crippen LogP contribution in [0.2, 0.25) is 5.02 Å². The molecule has 0 aromatic heterocycles. The summed E-state index contributed by atoms with van der Waals surface area (Å²) < 4.78 is 13.4. The molecule has 1 saturated heterocycles. The van der Waals surface area contributed by atoms with Crippen molar-refractivity contribution in [1.29, 1.82) is 0 Å². The fourth-order valence-electron chi connectivity index (χ4n) is 1.92. The number of halogens is 2. The van der Waals surface area contributed by atoms with Gasteiger partial charge in [0.25, 0.3) is 11.8 Å². The van der Waals surface area contributed by atoms with Crippen LogP contribution in [0.4, 0.5) is 4.39 Å². The summed E-state index contributed by atoms with van der Waals surface area (Å²) in [6.07, 6.45) is 0. The maximum Gasteiger partial charge on any atom is 0.256 e. The van der Waals surface area contributed by atoms with Gasteiger partial charge >= 0.3 is 0 Å². The number of benzene rings is 1. The average Bonchev–Trinajstić information content (AvgIpc) is 2.37. The molecule has 7 heteroatoms. The van der Waals surface area contributed by atoms with E-state index in [1.54, 1.807) is 0 Å². The summed E-state index contributed by atoms with van der Waals surface area (Å²) in [6.45, 7) is 2.71. The van der Waals surface area contributed by atoms with Crippen molar-refractivity contribution in [2.24, 2.45) is 0 Å². The van der Waals surface area contributed by atoms with Gasteiger partial charge in [0.05, 0.1) is 10.6 Å². The molecule has 1 heterocycles. The molecule has 0 aliphatic carbocycles. The first-order valence-electron chi connectivity index (χ1n) is 5.85. The van der Waals surface area contributed by atoms with Crippen LogP contribution in [-0.2, 0) is 9.59 Å². The Labute approximate surface area is 119 Å². The number of carbonyl (C=O) groups excluding carboxylic acids is 3. The molecule has 2 rings (SSSR count). The first-order chi connectivity index (χ1) is 9.25. The summed E-state index contributed by atoms with van der Waals surface area (Å²) in [4.78, 5) is 36.7. The second kappa shape index (κ2) is 4.86. The highest BCUT2D eigenvalue weighted by Crippen LogP contribution is 2.26. The van der Waals surface area contributed by atoms with Crippen LogP contribution in [0.25, 0.3) is 0 Å². The molecule has 0 unspecified atom stereocenters. The third-order valence-electron chi connectivity index (χ3n) is 3.21. The summed E-state index contributed by atoms with van der Waals surface area (Å²) in [5, 5.41) is 1.83. The lowest BCUT2D eigenvalue weighted by molar-refractivity contribution is -0.143. The van der Waals surface area contributed by atoms with Crippen LogP contribution in [0, 0.1) is 5.82 Å². The third kappa shape index (κ3) is 2.27. The average molecular weight is 299 g/mol. The molecular weight excluding hydrogens is 287 g/mol. The second-order valence-corrected chi connectivity index (χ2v) is 5.31. The minimum Gasteiger partial charge on any atom is -0.315 e. The zero-order valence-corrected chi connectivity index (χ0v) is 11.6. The van der Waals surface area contributed by atoms with E-state index in [2.05, 4.69) is 5.32 Å². The zero-order chi connectivity index (χ0) is 15.1. The van der Waals surface area contributed by atoms with Crippen LogP contribution < -0.4 is 5.32 Å². The van der Waals surface area contributed by atoms with Gasteiger partial charge < -0.3 is 4.90 Å². The topological polar surface area (TPSA) is 66.5 Å². The van der Waals surface area contributed by atoms with Crippen molar-refractivity contribution in [3.05, 3.63) is 34.6 Å². The van der Waals surface area contributed by atoms with Crippen LogP contribution in [0.5, 0.6) is 0 Å². The van der Waals surface area contributed by atoms with Crippen molar-refractivity contribution in [1.82, 2.24) is 10.2 Å². The first-order valence-corrected chi connectivity index (χ1v) is 6.23. The van der Waals surface area contributed by atoms with Crippen molar-refractivity contribution in [3.63, 3.8) is 0 Å². The van der Waals surface area contributed by atoms with E-state index >= 15 is 0 Å².